The summed E-state index contributed by atoms with van der Waals surface area (Å²) in [4.78, 5) is 35.9. The molecule has 2 aromatic heterocycles. The van der Waals surface area contributed by atoms with Crippen LogP contribution in [0.3, 0.4) is 0 Å². The molecule has 1 saturated heterocycles. The molecule has 2 amide bonds. The van der Waals surface area contributed by atoms with Gasteiger partial charge in [0.2, 0.25) is 5.91 Å². The zero-order chi connectivity index (χ0) is 20.2. The van der Waals surface area contributed by atoms with Crippen molar-refractivity contribution in [1.29, 1.82) is 0 Å². The number of carbonyl (C=O) groups is 2. The van der Waals surface area contributed by atoms with Gasteiger partial charge >= 0.3 is 0 Å². The van der Waals surface area contributed by atoms with Crippen LogP contribution in [0.2, 0.25) is 0 Å². The number of aromatic nitrogens is 3. The maximum atomic E-state index is 12.9. The largest absolute Gasteiger partial charge is 0.343 e. The number of para-hydroxylation sites is 2. The number of imidazole rings is 1. The first-order valence-electron chi connectivity index (χ1n) is 10.0. The van der Waals surface area contributed by atoms with Crippen molar-refractivity contribution in [2.45, 2.75) is 32.9 Å². The number of fused-ring (bicyclic) bond motifs is 1. The molecule has 1 aliphatic heterocycles. The highest BCUT2D eigenvalue weighted by Gasteiger charge is 2.22. The van der Waals surface area contributed by atoms with Crippen molar-refractivity contribution in [2.75, 3.05) is 13.1 Å². The van der Waals surface area contributed by atoms with E-state index in [4.69, 9.17) is 0 Å². The van der Waals surface area contributed by atoms with E-state index in [1.54, 1.807) is 24.4 Å². The molecule has 0 radical (unpaired) electrons. The van der Waals surface area contributed by atoms with Crippen LogP contribution >= 0.6 is 0 Å². The Labute approximate surface area is 169 Å². The maximum Gasteiger partial charge on any atom is 0.270 e. The first-order valence-corrected chi connectivity index (χ1v) is 10.0. The Morgan fingerprint density at radius 2 is 1.86 bits per heavy atom. The summed E-state index contributed by atoms with van der Waals surface area (Å²) in [6, 6.07) is 12.9. The van der Waals surface area contributed by atoms with E-state index in [1.165, 1.54) is 0 Å². The Balaban J connectivity index is 1.53. The maximum absolute atomic E-state index is 12.9. The van der Waals surface area contributed by atoms with Crippen molar-refractivity contribution in [3.63, 3.8) is 0 Å². The molecule has 1 fully saturated rings. The number of nitrogens with one attached hydrogen (secondary N) is 1. The second-order valence-electron chi connectivity index (χ2n) is 7.56. The lowest BCUT2D eigenvalue weighted by atomic mass is 9.99. The van der Waals surface area contributed by atoms with Gasteiger partial charge in [0.05, 0.1) is 17.6 Å². The van der Waals surface area contributed by atoms with Crippen LogP contribution in [0.1, 0.15) is 36.1 Å². The minimum Gasteiger partial charge on any atom is -0.343 e. The molecule has 0 aliphatic carbocycles. The lowest BCUT2D eigenvalue weighted by Gasteiger charge is -2.30. The predicted molar refractivity (Wildman–Crippen MR) is 110 cm³/mol. The fourth-order valence-electron chi connectivity index (χ4n) is 3.68. The van der Waals surface area contributed by atoms with Gasteiger partial charge < -0.3 is 14.8 Å². The molecule has 3 aromatic rings. The summed E-state index contributed by atoms with van der Waals surface area (Å²) in [5.74, 6) is 1.16. The number of hydrogen-bond donors (Lipinski definition) is 1. The van der Waals surface area contributed by atoms with E-state index in [-0.39, 0.29) is 24.9 Å². The Hall–Kier alpha value is -3.22. The average Bonchev–Trinajstić information content (AvgIpc) is 3.10. The van der Waals surface area contributed by atoms with Crippen LogP contribution in [0, 0.1) is 5.92 Å². The average molecular weight is 391 g/mol. The number of hydrogen-bond acceptors (Lipinski definition) is 4. The van der Waals surface area contributed by atoms with E-state index in [9.17, 15) is 9.59 Å². The van der Waals surface area contributed by atoms with Gasteiger partial charge in [0, 0.05) is 19.3 Å². The molecule has 0 spiro atoms. The molecule has 0 atom stereocenters. The Morgan fingerprint density at radius 3 is 2.62 bits per heavy atom. The fourth-order valence-corrected chi connectivity index (χ4v) is 3.68. The zero-order valence-corrected chi connectivity index (χ0v) is 16.5. The van der Waals surface area contributed by atoms with E-state index in [1.807, 2.05) is 33.7 Å². The quantitative estimate of drug-likeness (QED) is 0.725. The minimum atomic E-state index is -0.263. The molecule has 29 heavy (non-hydrogen) atoms. The predicted octanol–water partition coefficient (Wildman–Crippen LogP) is 2.62. The first kappa shape index (κ1) is 19.1. The van der Waals surface area contributed by atoms with Gasteiger partial charge in [-0.25, -0.2) is 4.98 Å². The monoisotopic (exact) mass is 391 g/mol. The summed E-state index contributed by atoms with van der Waals surface area (Å²) in [5.41, 5.74) is 2.07. The van der Waals surface area contributed by atoms with Crippen molar-refractivity contribution in [2.24, 2.45) is 5.92 Å². The van der Waals surface area contributed by atoms with E-state index in [0.717, 1.165) is 37.0 Å². The Morgan fingerprint density at radius 1 is 1.10 bits per heavy atom. The molecule has 7 nitrogen and oxygen atoms in total. The van der Waals surface area contributed by atoms with Crippen LogP contribution in [-0.4, -0.2) is 44.3 Å². The van der Waals surface area contributed by atoms with Crippen LogP contribution in [0.4, 0.5) is 0 Å². The van der Waals surface area contributed by atoms with Gasteiger partial charge in [-0.3, -0.25) is 14.6 Å². The van der Waals surface area contributed by atoms with Gasteiger partial charge in [0.25, 0.3) is 5.91 Å². The molecule has 4 rings (SSSR count). The molecule has 0 unspecified atom stereocenters. The Bertz CT molecular complexity index is 1010. The zero-order valence-electron chi connectivity index (χ0n) is 16.5. The summed E-state index contributed by atoms with van der Waals surface area (Å²) < 4.78 is 1.91. The van der Waals surface area contributed by atoms with Gasteiger partial charge in [-0.05, 0) is 43.0 Å². The highest BCUT2D eigenvalue weighted by Crippen LogP contribution is 2.19. The summed E-state index contributed by atoms with van der Waals surface area (Å²) >= 11 is 0. The molecule has 0 saturated carbocycles. The van der Waals surface area contributed by atoms with Gasteiger partial charge in [-0.2, -0.15) is 0 Å². The van der Waals surface area contributed by atoms with Gasteiger partial charge in [0.1, 0.15) is 18.1 Å². The number of piperidine rings is 1. The summed E-state index contributed by atoms with van der Waals surface area (Å²) in [5, 5.41) is 2.87. The number of pyridine rings is 1. The van der Waals surface area contributed by atoms with Gasteiger partial charge in [-0.1, -0.05) is 25.1 Å². The summed E-state index contributed by atoms with van der Waals surface area (Å²) in [6.45, 7) is 4.29. The second kappa shape index (κ2) is 8.43. The van der Waals surface area contributed by atoms with Gasteiger partial charge in [0.15, 0.2) is 0 Å². The lowest BCUT2D eigenvalue weighted by molar-refractivity contribution is -0.133. The Kier molecular flexibility index (Phi) is 5.55. The molecule has 0 bridgehead atoms. The lowest BCUT2D eigenvalue weighted by Crippen LogP contribution is -2.40. The minimum absolute atomic E-state index is 0.0948. The van der Waals surface area contributed by atoms with Crippen LogP contribution in [-0.2, 0) is 17.9 Å². The second-order valence-corrected chi connectivity index (χ2v) is 7.56. The molecule has 3 heterocycles. The highest BCUT2D eigenvalue weighted by atomic mass is 16.2. The number of benzene rings is 1. The number of nitrogens with zero attached hydrogens (tertiary/aromatic N) is 4. The standard InChI is InChI=1S/C22H25N5O2/c1-16-9-12-26(13-10-16)21(28)15-27-19-8-3-2-6-17(19)25-20(27)14-24-22(29)18-7-4-5-11-23-18/h2-8,11,16H,9-10,12-15H2,1H3,(H,24,29). The molecular weight excluding hydrogens is 366 g/mol. The number of amides is 2. The summed E-state index contributed by atoms with van der Waals surface area (Å²) in [7, 11) is 0. The topological polar surface area (TPSA) is 80.1 Å². The molecule has 150 valence electrons. The van der Waals surface area contributed by atoms with Crippen molar-refractivity contribution < 1.29 is 9.59 Å². The van der Waals surface area contributed by atoms with Crippen molar-refractivity contribution in [1.82, 2.24) is 24.8 Å². The molecule has 7 heteroatoms. The third-order valence-electron chi connectivity index (χ3n) is 5.47. The fraction of sp³-hybridized carbons (Fsp3) is 0.364. The van der Waals surface area contributed by atoms with Crippen molar-refractivity contribution in [3.05, 3.63) is 60.2 Å². The molecule has 1 aliphatic rings. The van der Waals surface area contributed by atoms with E-state index in [0.29, 0.717) is 17.4 Å². The van der Waals surface area contributed by atoms with Gasteiger partial charge in [-0.15, -0.1) is 0 Å². The van der Waals surface area contributed by atoms with Crippen LogP contribution in [0.15, 0.2) is 48.7 Å². The highest BCUT2D eigenvalue weighted by molar-refractivity contribution is 5.92. The van der Waals surface area contributed by atoms with Crippen LogP contribution < -0.4 is 5.32 Å². The van der Waals surface area contributed by atoms with E-state index < -0.39 is 0 Å². The SMILES string of the molecule is CC1CCN(C(=O)Cn2c(CNC(=O)c3ccccn3)nc3ccccc32)CC1. The third-order valence-corrected chi connectivity index (χ3v) is 5.47. The molecule has 1 N–H and O–H groups in total. The number of carbonyl (C=O) groups excluding carboxylic acids is 2. The van der Waals surface area contributed by atoms with Crippen molar-refractivity contribution >= 4 is 22.8 Å². The summed E-state index contributed by atoms with van der Waals surface area (Å²) in [6.07, 6.45) is 3.68. The molecule has 1 aromatic carbocycles. The van der Waals surface area contributed by atoms with Crippen molar-refractivity contribution in [3.8, 4) is 0 Å². The van der Waals surface area contributed by atoms with Crippen LogP contribution in [0.25, 0.3) is 11.0 Å². The van der Waals surface area contributed by atoms with E-state index in [2.05, 4.69) is 22.2 Å². The number of likely N-dealkylation sites (tertiary alicyclic amines) is 1. The first-order chi connectivity index (χ1) is 14.1. The smallest absolute Gasteiger partial charge is 0.270 e. The molecular formula is C22H25N5O2. The third kappa shape index (κ3) is 4.29. The normalized spacial score (nSPS) is 14.9. The number of rotatable bonds is 5. The van der Waals surface area contributed by atoms with Crippen LogP contribution in [0.5, 0.6) is 0 Å². The van der Waals surface area contributed by atoms with E-state index >= 15 is 0 Å².